The summed E-state index contributed by atoms with van der Waals surface area (Å²) in [6.45, 7) is 6.69. The van der Waals surface area contributed by atoms with Crippen molar-refractivity contribution in [2.24, 2.45) is 0 Å². The Balaban J connectivity index is 1.90. The lowest BCUT2D eigenvalue weighted by Crippen LogP contribution is -2.49. The molecule has 1 heterocycles. The van der Waals surface area contributed by atoms with Crippen molar-refractivity contribution >= 4 is 11.8 Å². The number of hydrogen-bond donors (Lipinski definition) is 1. The van der Waals surface area contributed by atoms with E-state index in [0.29, 0.717) is 17.9 Å². The number of piperidine rings is 1. The van der Waals surface area contributed by atoms with Crippen LogP contribution in [0.15, 0.2) is 24.3 Å². The predicted molar refractivity (Wildman–Crippen MR) is 89.6 cm³/mol. The second-order valence-corrected chi connectivity index (χ2v) is 6.10. The third kappa shape index (κ3) is 4.47. The molecule has 0 aliphatic carbocycles. The van der Waals surface area contributed by atoms with E-state index < -0.39 is 0 Å². The molecule has 1 aromatic rings. The molecule has 1 N–H and O–H groups in total. The molecule has 2 unspecified atom stereocenters. The third-order valence-corrected chi connectivity index (χ3v) is 4.30. The maximum atomic E-state index is 12.4. The van der Waals surface area contributed by atoms with E-state index in [-0.39, 0.29) is 30.5 Å². The summed E-state index contributed by atoms with van der Waals surface area (Å²) in [6, 6.07) is 7.40. The summed E-state index contributed by atoms with van der Waals surface area (Å²) in [6.07, 6.45) is 3.28. The van der Waals surface area contributed by atoms with Gasteiger partial charge in [0.2, 0.25) is 0 Å². The van der Waals surface area contributed by atoms with E-state index >= 15 is 0 Å². The Hall–Kier alpha value is -2.04. The molecule has 0 bridgehead atoms. The van der Waals surface area contributed by atoms with Gasteiger partial charge in [-0.3, -0.25) is 9.59 Å². The molecule has 1 fully saturated rings. The Morgan fingerprint density at radius 3 is 2.35 bits per heavy atom. The summed E-state index contributed by atoms with van der Waals surface area (Å²) in [5, 5.41) is 2.74. The largest absolute Gasteiger partial charge is 0.484 e. The zero-order valence-electron chi connectivity index (χ0n) is 14.2. The number of ether oxygens (including phenoxy) is 1. The zero-order chi connectivity index (χ0) is 16.8. The highest BCUT2D eigenvalue weighted by Gasteiger charge is 2.28. The fourth-order valence-electron chi connectivity index (χ4n) is 3.10. The number of amides is 2. The molecule has 2 atom stereocenters. The minimum atomic E-state index is -0.105. The normalized spacial score (nSPS) is 20.9. The van der Waals surface area contributed by atoms with Crippen LogP contribution in [0.25, 0.3) is 0 Å². The third-order valence-electron chi connectivity index (χ3n) is 4.30. The van der Waals surface area contributed by atoms with Crippen molar-refractivity contribution in [2.45, 2.75) is 52.1 Å². The molecule has 5 nitrogen and oxygen atoms in total. The van der Waals surface area contributed by atoms with Gasteiger partial charge < -0.3 is 15.0 Å². The Morgan fingerprint density at radius 1 is 1.17 bits per heavy atom. The molecule has 0 radical (unpaired) electrons. The van der Waals surface area contributed by atoms with Gasteiger partial charge in [0.25, 0.3) is 11.8 Å². The number of nitrogens with zero attached hydrogens (tertiary/aromatic N) is 1. The quantitative estimate of drug-likeness (QED) is 0.908. The standard InChI is InChI=1S/C18H26N2O3/c1-4-19-18(22)15-8-10-16(11-9-15)23-12-17(21)20-13(2)6-5-7-14(20)3/h8-11,13-14H,4-7,12H2,1-3H3,(H,19,22). The van der Waals surface area contributed by atoms with E-state index in [0.717, 1.165) is 12.8 Å². The van der Waals surface area contributed by atoms with Crippen LogP contribution in [0.3, 0.4) is 0 Å². The van der Waals surface area contributed by atoms with Gasteiger partial charge in [-0.15, -0.1) is 0 Å². The van der Waals surface area contributed by atoms with Crippen molar-refractivity contribution in [1.29, 1.82) is 0 Å². The summed E-state index contributed by atoms with van der Waals surface area (Å²) < 4.78 is 5.59. The zero-order valence-corrected chi connectivity index (χ0v) is 14.2. The molecule has 1 aliphatic rings. The maximum absolute atomic E-state index is 12.4. The highest BCUT2D eigenvalue weighted by atomic mass is 16.5. The first-order valence-corrected chi connectivity index (χ1v) is 8.35. The SMILES string of the molecule is CCNC(=O)c1ccc(OCC(=O)N2C(C)CCCC2C)cc1. The lowest BCUT2D eigenvalue weighted by Gasteiger charge is -2.38. The summed E-state index contributed by atoms with van der Waals surface area (Å²) >= 11 is 0. The predicted octanol–water partition coefficient (Wildman–Crippen LogP) is 2.60. The fourth-order valence-corrected chi connectivity index (χ4v) is 3.10. The van der Waals surface area contributed by atoms with E-state index in [9.17, 15) is 9.59 Å². The lowest BCUT2D eigenvalue weighted by molar-refractivity contribution is -0.139. The van der Waals surface area contributed by atoms with Gasteiger partial charge in [-0.05, 0) is 64.3 Å². The number of rotatable bonds is 5. The Morgan fingerprint density at radius 2 is 1.78 bits per heavy atom. The van der Waals surface area contributed by atoms with Crippen molar-refractivity contribution in [3.63, 3.8) is 0 Å². The van der Waals surface area contributed by atoms with Gasteiger partial charge >= 0.3 is 0 Å². The first-order chi connectivity index (χ1) is 11.0. The maximum Gasteiger partial charge on any atom is 0.260 e. The van der Waals surface area contributed by atoms with Gasteiger partial charge in [0, 0.05) is 24.2 Å². The number of nitrogens with one attached hydrogen (secondary N) is 1. The summed E-state index contributed by atoms with van der Waals surface area (Å²) in [5.41, 5.74) is 0.587. The van der Waals surface area contributed by atoms with Gasteiger partial charge in [-0.1, -0.05) is 0 Å². The molecule has 0 spiro atoms. The second kappa shape index (κ2) is 7.99. The molecular weight excluding hydrogens is 292 g/mol. The van der Waals surface area contributed by atoms with Crippen LogP contribution < -0.4 is 10.1 Å². The first kappa shape index (κ1) is 17.3. The molecule has 23 heavy (non-hydrogen) atoms. The van der Waals surface area contributed by atoms with E-state index in [4.69, 9.17) is 4.74 Å². The molecular formula is C18H26N2O3. The van der Waals surface area contributed by atoms with E-state index in [1.54, 1.807) is 24.3 Å². The van der Waals surface area contributed by atoms with Crippen LogP contribution in [-0.4, -0.2) is 41.9 Å². The van der Waals surface area contributed by atoms with Crippen LogP contribution in [0.1, 0.15) is 50.4 Å². The van der Waals surface area contributed by atoms with E-state index in [1.165, 1.54) is 6.42 Å². The van der Waals surface area contributed by atoms with E-state index in [2.05, 4.69) is 19.2 Å². The monoisotopic (exact) mass is 318 g/mol. The molecule has 1 aromatic carbocycles. The van der Waals surface area contributed by atoms with Gasteiger partial charge in [0.1, 0.15) is 5.75 Å². The smallest absolute Gasteiger partial charge is 0.260 e. The highest BCUT2D eigenvalue weighted by molar-refractivity contribution is 5.94. The highest BCUT2D eigenvalue weighted by Crippen LogP contribution is 2.22. The van der Waals surface area contributed by atoms with E-state index in [1.807, 2.05) is 11.8 Å². The van der Waals surface area contributed by atoms with Crippen LogP contribution in [-0.2, 0) is 4.79 Å². The second-order valence-electron chi connectivity index (χ2n) is 6.10. The minimum absolute atomic E-state index is 0.0255. The van der Waals surface area contributed by atoms with Crippen molar-refractivity contribution in [3.05, 3.63) is 29.8 Å². The molecule has 126 valence electrons. The lowest BCUT2D eigenvalue weighted by atomic mass is 9.97. The Bertz CT molecular complexity index is 532. The molecule has 0 aromatic heterocycles. The molecule has 1 aliphatic heterocycles. The van der Waals surface area contributed by atoms with Crippen LogP contribution in [0.5, 0.6) is 5.75 Å². The minimum Gasteiger partial charge on any atom is -0.484 e. The number of hydrogen-bond acceptors (Lipinski definition) is 3. The van der Waals surface area contributed by atoms with Gasteiger partial charge in [-0.25, -0.2) is 0 Å². The molecule has 5 heteroatoms. The van der Waals surface area contributed by atoms with Crippen molar-refractivity contribution in [3.8, 4) is 5.75 Å². The summed E-state index contributed by atoms with van der Waals surface area (Å²) in [5.74, 6) is 0.521. The number of likely N-dealkylation sites (tertiary alicyclic amines) is 1. The van der Waals surface area contributed by atoms with Gasteiger partial charge in [0.05, 0.1) is 0 Å². The van der Waals surface area contributed by atoms with Crippen LogP contribution in [0.4, 0.5) is 0 Å². The average molecular weight is 318 g/mol. The number of benzene rings is 1. The van der Waals surface area contributed by atoms with Crippen molar-refractivity contribution in [2.75, 3.05) is 13.2 Å². The van der Waals surface area contributed by atoms with Crippen molar-refractivity contribution < 1.29 is 14.3 Å². The Kier molecular flexibility index (Phi) is 6.02. The first-order valence-electron chi connectivity index (χ1n) is 8.35. The summed E-state index contributed by atoms with van der Waals surface area (Å²) in [4.78, 5) is 26.0. The average Bonchev–Trinajstić information content (AvgIpc) is 2.53. The summed E-state index contributed by atoms with van der Waals surface area (Å²) in [7, 11) is 0. The topological polar surface area (TPSA) is 58.6 Å². The van der Waals surface area contributed by atoms with Crippen LogP contribution in [0, 0.1) is 0 Å². The van der Waals surface area contributed by atoms with Gasteiger partial charge in [0.15, 0.2) is 6.61 Å². The molecule has 2 amide bonds. The molecule has 2 rings (SSSR count). The van der Waals surface area contributed by atoms with Crippen molar-refractivity contribution in [1.82, 2.24) is 10.2 Å². The van der Waals surface area contributed by atoms with Crippen LogP contribution in [0.2, 0.25) is 0 Å². The van der Waals surface area contributed by atoms with Gasteiger partial charge in [-0.2, -0.15) is 0 Å². The van der Waals surface area contributed by atoms with Crippen LogP contribution >= 0.6 is 0 Å². The fraction of sp³-hybridized carbons (Fsp3) is 0.556. The number of carbonyl (C=O) groups is 2. The Labute approximate surface area is 138 Å². The molecule has 0 saturated carbocycles. The molecule has 1 saturated heterocycles. The number of carbonyl (C=O) groups excluding carboxylic acids is 2.